The highest BCUT2D eigenvalue weighted by molar-refractivity contribution is 6.30. The van der Waals surface area contributed by atoms with Gasteiger partial charge in [-0.25, -0.2) is 0 Å². The van der Waals surface area contributed by atoms with Crippen molar-refractivity contribution >= 4 is 33.5 Å². The average Bonchev–Trinajstić information content (AvgIpc) is 3.07. The van der Waals surface area contributed by atoms with Gasteiger partial charge in [-0.15, -0.1) is 0 Å². The van der Waals surface area contributed by atoms with Gasteiger partial charge in [0.15, 0.2) is 0 Å². The van der Waals surface area contributed by atoms with Crippen LogP contribution in [0.2, 0.25) is 5.02 Å². The Morgan fingerprint density at radius 2 is 1.35 bits per heavy atom. The molecule has 5 aromatic rings. The Bertz CT molecular complexity index is 1220. The number of rotatable bonds is 2. The van der Waals surface area contributed by atoms with Crippen molar-refractivity contribution in [3.63, 3.8) is 0 Å². The van der Waals surface area contributed by atoms with E-state index < -0.39 is 0 Å². The van der Waals surface area contributed by atoms with E-state index in [4.69, 9.17) is 16.0 Å². The normalized spacial score (nSPS) is 11.3. The quantitative estimate of drug-likeness (QED) is 0.318. The molecule has 0 aliphatic rings. The molecule has 0 N–H and O–H groups in total. The molecule has 0 aliphatic heterocycles. The van der Waals surface area contributed by atoms with Gasteiger partial charge in [0.2, 0.25) is 0 Å². The SMILES string of the molecule is Clc1ccc(-c2ccc3c(c2)oc2c(-c4ccccc4)cccc23)cc1. The van der Waals surface area contributed by atoms with Gasteiger partial charge in [-0.1, -0.05) is 78.3 Å². The first-order valence-corrected chi connectivity index (χ1v) is 8.94. The highest BCUT2D eigenvalue weighted by Gasteiger charge is 2.12. The summed E-state index contributed by atoms with van der Waals surface area (Å²) in [5.41, 5.74) is 6.36. The van der Waals surface area contributed by atoms with Crippen LogP contribution >= 0.6 is 11.6 Å². The number of benzene rings is 4. The maximum atomic E-state index is 6.30. The summed E-state index contributed by atoms with van der Waals surface area (Å²) in [5, 5.41) is 3.02. The molecule has 0 unspecified atom stereocenters. The monoisotopic (exact) mass is 354 g/mol. The molecule has 0 radical (unpaired) electrons. The lowest BCUT2D eigenvalue weighted by molar-refractivity contribution is 0.670. The van der Waals surface area contributed by atoms with Crippen molar-refractivity contribution in [1.82, 2.24) is 0 Å². The van der Waals surface area contributed by atoms with Gasteiger partial charge in [0.1, 0.15) is 11.2 Å². The Labute approximate surface area is 156 Å². The van der Waals surface area contributed by atoms with Gasteiger partial charge >= 0.3 is 0 Å². The van der Waals surface area contributed by atoms with Crippen LogP contribution in [-0.4, -0.2) is 0 Å². The molecule has 0 bridgehead atoms. The molecule has 26 heavy (non-hydrogen) atoms. The van der Waals surface area contributed by atoms with Crippen LogP contribution in [0, 0.1) is 0 Å². The van der Waals surface area contributed by atoms with Gasteiger partial charge in [0.05, 0.1) is 0 Å². The number of furan rings is 1. The van der Waals surface area contributed by atoms with Gasteiger partial charge in [-0.3, -0.25) is 0 Å². The number of halogens is 1. The molecule has 0 aliphatic carbocycles. The minimum atomic E-state index is 0.742. The smallest absolute Gasteiger partial charge is 0.143 e. The molecule has 1 nitrogen and oxygen atoms in total. The molecule has 0 atom stereocenters. The van der Waals surface area contributed by atoms with E-state index in [2.05, 4.69) is 60.7 Å². The van der Waals surface area contributed by atoms with Crippen molar-refractivity contribution in [2.75, 3.05) is 0 Å². The number of fused-ring (bicyclic) bond motifs is 3. The molecule has 0 fully saturated rings. The summed E-state index contributed by atoms with van der Waals surface area (Å²) in [6, 6.07) is 30.9. The van der Waals surface area contributed by atoms with E-state index in [1.54, 1.807) is 0 Å². The van der Waals surface area contributed by atoms with E-state index in [1.807, 2.05) is 30.3 Å². The first kappa shape index (κ1) is 15.2. The lowest BCUT2D eigenvalue weighted by atomic mass is 10.0. The molecule has 1 aromatic heterocycles. The van der Waals surface area contributed by atoms with Crippen LogP contribution in [-0.2, 0) is 0 Å². The first-order valence-electron chi connectivity index (χ1n) is 8.56. The van der Waals surface area contributed by atoms with Crippen LogP contribution in [0.15, 0.2) is 95.4 Å². The fourth-order valence-corrected chi connectivity index (χ4v) is 3.59. The lowest BCUT2D eigenvalue weighted by Crippen LogP contribution is -1.77. The third-order valence-corrected chi connectivity index (χ3v) is 5.01. The summed E-state index contributed by atoms with van der Waals surface area (Å²) < 4.78 is 6.30. The Kier molecular flexibility index (Phi) is 3.55. The molecule has 4 aromatic carbocycles. The third kappa shape index (κ3) is 2.49. The van der Waals surface area contributed by atoms with Crippen LogP contribution in [0.1, 0.15) is 0 Å². The average molecular weight is 355 g/mol. The molecule has 2 heteroatoms. The first-order chi connectivity index (χ1) is 12.8. The largest absolute Gasteiger partial charge is 0.455 e. The maximum absolute atomic E-state index is 6.30. The number of hydrogen-bond acceptors (Lipinski definition) is 1. The molecule has 5 rings (SSSR count). The molecular formula is C24H15ClO. The minimum Gasteiger partial charge on any atom is -0.455 e. The fourth-order valence-electron chi connectivity index (χ4n) is 3.47. The lowest BCUT2D eigenvalue weighted by Gasteiger charge is -2.01. The summed E-state index contributed by atoms with van der Waals surface area (Å²) in [4.78, 5) is 0. The summed E-state index contributed by atoms with van der Waals surface area (Å²) in [6.07, 6.45) is 0. The van der Waals surface area contributed by atoms with E-state index in [9.17, 15) is 0 Å². The predicted octanol–water partition coefficient (Wildman–Crippen LogP) is 7.57. The molecular weight excluding hydrogens is 340 g/mol. The van der Waals surface area contributed by atoms with E-state index in [0.29, 0.717) is 0 Å². The number of hydrogen-bond donors (Lipinski definition) is 0. The zero-order valence-electron chi connectivity index (χ0n) is 13.9. The molecule has 0 spiro atoms. The molecule has 1 heterocycles. The van der Waals surface area contributed by atoms with E-state index in [1.165, 1.54) is 0 Å². The Morgan fingerprint density at radius 1 is 0.577 bits per heavy atom. The van der Waals surface area contributed by atoms with E-state index in [0.717, 1.165) is 49.2 Å². The molecule has 0 amide bonds. The van der Waals surface area contributed by atoms with Crippen molar-refractivity contribution in [1.29, 1.82) is 0 Å². The standard InChI is InChI=1S/C24H15ClO/c25-19-12-9-16(10-13-19)18-11-14-21-22-8-4-7-20(17-5-2-1-3-6-17)24(22)26-23(21)15-18/h1-15H. The Balaban J connectivity index is 1.73. The van der Waals surface area contributed by atoms with Crippen molar-refractivity contribution in [3.8, 4) is 22.3 Å². The third-order valence-electron chi connectivity index (χ3n) is 4.76. The van der Waals surface area contributed by atoms with Crippen molar-refractivity contribution in [3.05, 3.63) is 96.0 Å². The highest BCUT2D eigenvalue weighted by atomic mass is 35.5. The van der Waals surface area contributed by atoms with Gasteiger partial charge < -0.3 is 4.42 Å². The summed E-state index contributed by atoms with van der Waals surface area (Å²) in [5.74, 6) is 0. The predicted molar refractivity (Wildman–Crippen MR) is 110 cm³/mol. The fraction of sp³-hybridized carbons (Fsp3) is 0. The van der Waals surface area contributed by atoms with Crippen LogP contribution in [0.25, 0.3) is 44.2 Å². The molecule has 0 saturated heterocycles. The Morgan fingerprint density at radius 3 is 2.15 bits per heavy atom. The summed E-state index contributed by atoms with van der Waals surface area (Å²) in [7, 11) is 0. The van der Waals surface area contributed by atoms with Crippen molar-refractivity contribution in [2.24, 2.45) is 0 Å². The van der Waals surface area contributed by atoms with Crippen LogP contribution in [0.5, 0.6) is 0 Å². The zero-order valence-corrected chi connectivity index (χ0v) is 14.7. The van der Waals surface area contributed by atoms with Gasteiger partial charge in [-0.2, -0.15) is 0 Å². The number of para-hydroxylation sites is 1. The summed E-state index contributed by atoms with van der Waals surface area (Å²) >= 11 is 6.00. The van der Waals surface area contributed by atoms with Crippen LogP contribution in [0.3, 0.4) is 0 Å². The van der Waals surface area contributed by atoms with Crippen molar-refractivity contribution in [2.45, 2.75) is 0 Å². The van der Waals surface area contributed by atoms with Crippen LogP contribution < -0.4 is 0 Å². The maximum Gasteiger partial charge on any atom is 0.143 e. The minimum absolute atomic E-state index is 0.742. The molecule has 124 valence electrons. The van der Waals surface area contributed by atoms with Gasteiger partial charge in [0, 0.05) is 21.4 Å². The second-order valence-electron chi connectivity index (χ2n) is 6.37. The van der Waals surface area contributed by atoms with E-state index in [-0.39, 0.29) is 0 Å². The Hall–Kier alpha value is -3.03. The molecule has 0 saturated carbocycles. The van der Waals surface area contributed by atoms with Gasteiger partial charge in [0.25, 0.3) is 0 Å². The van der Waals surface area contributed by atoms with Crippen LogP contribution in [0.4, 0.5) is 0 Å². The van der Waals surface area contributed by atoms with E-state index >= 15 is 0 Å². The zero-order chi connectivity index (χ0) is 17.5. The highest BCUT2D eigenvalue weighted by Crippen LogP contribution is 2.37. The second-order valence-corrected chi connectivity index (χ2v) is 6.80. The summed E-state index contributed by atoms with van der Waals surface area (Å²) in [6.45, 7) is 0. The second kappa shape index (κ2) is 6.05. The van der Waals surface area contributed by atoms with Gasteiger partial charge in [-0.05, 0) is 41.0 Å². The topological polar surface area (TPSA) is 13.1 Å². The van der Waals surface area contributed by atoms with Crippen molar-refractivity contribution < 1.29 is 4.42 Å².